The maximum Gasteiger partial charge on any atom is 0.289 e. The van der Waals surface area contributed by atoms with Crippen LogP contribution in [0.5, 0.6) is 0 Å². The van der Waals surface area contributed by atoms with Crippen molar-refractivity contribution in [1.29, 1.82) is 0 Å². The average Bonchev–Trinajstić information content (AvgIpc) is 3.23. The largest absolute Gasteiger partial charge is 0.381 e. The molecule has 1 N–H and O–H groups in total. The van der Waals surface area contributed by atoms with Gasteiger partial charge in [-0.2, -0.15) is 0 Å². The zero-order valence-electron chi connectivity index (χ0n) is 15.7. The van der Waals surface area contributed by atoms with Crippen molar-refractivity contribution in [2.45, 2.75) is 18.3 Å². The van der Waals surface area contributed by atoms with Crippen LogP contribution in [0.25, 0.3) is 11.3 Å². The molecule has 0 saturated carbocycles. The number of ether oxygens (including phenoxy) is 1. The van der Waals surface area contributed by atoms with Crippen molar-refractivity contribution in [3.63, 3.8) is 0 Å². The van der Waals surface area contributed by atoms with E-state index in [0.29, 0.717) is 35.5 Å². The van der Waals surface area contributed by atoms with Gasteiger partial charge in [0.2, 0.25) is 5.76 Å². The van der Waals surface area contributed by atoms with E-state index in [-0.39, 0.29) is 17.1 Å². The molecular weight excluding hydrogens is 411 g/mol. The number of carbonyl (C=O) groups excluding carboxylic acids is 1. The van der Waals surface area contributed by atoms with Crippen LogP contribution in [0, 0.1) is 0 Å². The van der Waals surface area contributed by atoms with Crippen molar-refractivity contribution in [2.24, 2.45) is 0 Å². The molecule has 0 spiro atoms. The number of nitrogens with zero attached hydrogens (tertiary/aromatic N) is 1. The normalized spacial score (nSPS) is 15.8. The molecule has 0 bridgehead atoms. The molecule has 1 aliphatic rings. The Morgan fingerprint density at radius 2 is 1.86 bits per heavy atom. The molecule has 2 heterocycles. The van der Waals surface area contributed by atoms with Gasteiger partial charge in [-0.15, -0.1) is 0 Å². The Kier molecular flexibility index (Phi) is 5.90. The Labute approximate surface area is 178 Å². The van der Waals surface area contributed by atoms with Gasteiger partial charge in [0.15, 0.2) is 0 Å². The number of halogens is 2. The van der Waals surface area contributed by atoms with Crippen molar-refractivity contribution in [1.82, 2.24) is 10.5 Å². The zero-order chi connectivity index (χ0) is 20.3. The van der Waals surface area contributed by atoms with E-state index in [9.17, 15) is 4.79 Å². The van der Waals surface area contributed by atoms with Crippen LogP contribution in [0.15, 0.2) is 59.1 Å². The smallest absolute Gasteiger partial charge is 0.289 e. The van der Waals surface area contributed by atoms with Crippen molar-refractivity contribution in [2.75, 3.05) is 19.8 Å². The first-order chi connectivity index (χ1) is 14.1. The Morgan fingerprint density at radius 3 is 2.62 bits per heavy atom. The third-order valence-electron chi connectivity index (χ3n) is 5.34. The lowest BCUT2D eigenvalue weighted by Crippen LogP contribution is -2.44. The van der Waals surface area contributed by atoms with Crippen LogP contribution in [0.2, 0.25) is 10.0 Å². The molecule has 150 valence electrons. The van der Waals surface area contributed by atoms with E-state index in [4.69, 9.17) is 32.5 Å². The third kappa shape index (κ3) is 4.32. The first-order valence-corrected chi connectivity index (χ1v) is 10.2. The van der Waals surface area contributed by atoms with Gasteiger partial charge < -0.3 is 14.6 Å². The van der Waals surface area contributed by atoms with E-state index >= 15 is 0 Å². The molecule has 5 nitrogen and oxygen atoms in total. The highest BCUT2D eigenvalue weighted by molar-refractivity contribution is 6.31. The summed E-state index contributed by atoms with van der Waals surface area (Å²) in [6.07, 6.45) is 1.56. The molecule has 0 radical (unpaired) electrons. The number of hydrogen-bond donors (Lipinski definition) is 1. The maximum absolute atomic E-state index is 12.7. The van der Waals surface area contributed by atoms with Gasteiger partial charge in [0.1, 0.15) is 5.69 Å². The highest BCUT2D eigenvalue weighted by Gasteiger charge is 2.36. The second-order valence-corrected chi connectivity index (χ2v) is 7.99. The van der Waals surface area contributed by atoms with E-state index in [2.05, 4.69) is 10.5 Å². The molecule has 1 amide bonds. The fourth-order valence-corrected chi connectivity index (χ4v) is 4.22. The molecule has 2 aromatic carbocycles. The van der Waals surface area contributed by atoms with Crippen molar-refractivity contribution >= 4 is 29.1 Å². The van der Waals surface area contributed by atoms with Gasteiger partial charge in [0.05, 0.1) is 0 Å². The molecule has 0 aliphatic carbocycles. The summed E-state index contributed by atoms with van der Waals surface area (Å²) in [5.74, 6) is -0.162. The number of benzene rings is 2. The van der Waals surface area contributed by atoms with Crippen LogP contribution in [0.1, 0.15) is 29.0 Å². The molecule has 7 heteroatoms. The van der Waals surface area contributed by atoms with Gasteiger partial charge in [-0.25, -0.2) is 0 Å². The highest BCUT2D eigenvalue weighted by atomic mass is 35.5. The average molecular weight is 431 g/mol. The van der Waals surface area contributed by atoms with Gasteiger partial charge in [-0.3, -0.25) is 4.79 Å². The second kappa shape index (κ2) is 8.57. The van der Waals surface area contributed by atoms with Crippen molar-refractivity contribution in [3.05, 3.63) is 76.0 Å². The topological polar surface area (TPSA) is 64.4 Å². The highest BCUT2D eigenvalue weighted by Crippen LogP contribution is 2.38. The van der Waals surface area contributed by atoms with Gasteiger partial charge in [-0.05, 0) is 36.6 Å². The minimum absolute atomic E-state index is 0.154. The Bertz CT molecular complexity index is 1010. The van der Waals surface area contributed by atoms with Crippen LogP contribution < -0.4 is 5.32 Å². The standard InChI is InChI=1S/C22H20Cl2N2O3/c23-16-5-3-4-15(12-16)19-13-20(29-26-19)21(27)25-14-22(8-10-28-11-9-22)17-6-1-2-7-18(17)24/h1-7,12-13H,8-11,14H2,(H,25,27). The quantitative estimate of drug-likeness (QED) is 0.609. The second-order valence-electron chi connectivity index (χ2n) is 7.14. The predicted molar refractivity (Wildman–Crippen MR) is 112 cm³/mol. The number of hydrogen-bond acceptors (Lipinski definition) is 4. The van der Waals surface area contributed by atoms with Crippen LogP contribution in [0.3, 0.4) is 0 Å². The molecule has 3 aromatic rings. The van der Waals surface area contributed by atoms with Gasteiger partial charge in [0.25, 0.3) is 5.91 Å². The van der Waals surface area contributed by atoms with Gasteiger partial charge >= 0.3 is 0 Å². The summed E-state index contributed by atoms with van der Waals surface area (Å²) < 4.78 is 10.8. The number of rotatable bonds is 5. The molecular formula is C22H20Cl2N2O3. The fraction of sp³-hybridized carbons (Fsp3) is 0.273. The van der Waals surface area contributed by atoms with Crippen LogP contribution in [0.4, 0.5) is 0 Å². The Morgan fingerprint density at radius 1 is 1.07 bits per heavy atom. The molecule has 29 heavy (non-hydrogen) atoms. The molecule has 0 atom stereocenters. The SMILES string of the molecule is O=C(NCC1(c2ccccc2Cl)CCOCC1)c1cc(-c2cccc(Cl)c2)no1. The van der Waals surface area contributed by atoms with Crippen LogP contribution in [-0.4, -0.2) is 30.8 Å². The number of nitrogens with one attached hydrogen (secondary N) is 1. The summed E-state index contributed by atoms with van der Waals surface area (Å²) in [4.78, 5) is 12.7. The van der Waals surface area contributed by atoms with E-state index in [1.54, 1.807) is 18.2 Å². The summed E-state index contributed by atoms with van der Waals surface area (Å²) in [5.41, 5.74) is 2.10. The van der Waals surface area contributed by atoms with Gasteiger partial charge in [-0.1, -0.05) is 58.7 Å². The first kappa shape index (κ1) is 20.0. The summed E-state index contributed by atoms with van der Waals surface area (Å²) in [6, 6.07) is 16.6. The summed E-state index contributed by atoms with van der Waals surface area (Å²) in [5, 5.41) is 8.29. The fourth-order valence-electron chi connectivity index (χ4n) is 3.70. The molecule has 1 fully saturated rings. The number of aromatic nitrogens is 1. The Hall–Kier alpha value is -2.34. The monoisotopic (exact) mass is 430 g/mol. The minimum Gasteiger partial charge on any atom is -0.381 e. The summed E-state index contributed by atoms with van der Waals surface area (Å²) >= 11 is 12.5. The number of amides is 1. The number of carbonyl (C=O) groups is 1. The van der Waals surface area contributed by atoms with Crippen molar-refractivity contribution < 1.29 is 14.1 Å². The third-order valence-corrected chi connectivity index (χ3v) is 5.90. The molecule has 1 saturated heterocycles. The summed E-state index contributed by atoms with van der Waals surface area (Å²) in [6.45, 7) is 1.69. The summed E-state index contributed by atoms with van der Waals surface area (Å²) in [7, 11) is 0. The van der Waals surface area contributed by atoms with E-state index in [1.165, 1.54) is 0 Å². The zero-order valence-corrected chi connectivity index (χ0v) is 17.2. The first-order valence-electron chi connectivity index (χ1n) is 9.41. The molecule has 1 aromatic heterocycles. The van der Waals surface area contributed by atoms with E-state index in [1.807, 2.05) is 36.4 Å². The molecule has 4 rings (SSSR count). The molecule has 1 aliphatic heterocycles. The van der Waals surface area contributed by atoms with Crippen molar-refractivity contribution in [3.8, 4) is 11.3 Å². The van der Waals surface area contributed by atoms with E-state index in [0.717, 1.165) is 24.0 Å². The maximum atomic E-state index is 12.7. The van der Waals surface area contributed by atoms with Gasteiger partial charge in [0, 0.05) is 46.8 Å². The predicted octanol–water partition coefficient (Wildman–Crippen LogP) is 5.13. The Balaban J connectivity index is 1.51. The molecule has 0 unspecified atom stereocenters. The van der Waals surface area contributed by atoms with Crippen LogP contribution in [-0.2, 0) is 10.2 Å². The lowest BCUT2D eigenvalue weighted by Gasteiger charge is -2.38. The van der Waals surface area contributed by atoms with Crippen LogP contribution >= 0.6 is 23.2 Å². The lowest BCUT2D eigenvalue weighted by atomic mass is 9.74. The van der Waals surface area contributed by atoms with E-state index < -0.39 is 0 Å². The minimum atomic E-state index is -0.316. The lowest BCUT2D eigenvalue weighted by molar-refractivity contribution is 0.0484.